The van der Waals surface area contributed by atoms with Gasteiger partial charge in [-0.2, -0.15) is 0 Å². The average molecular weight is 414 g/mol. The van der Waals surface area contributed by atoms with Crippen LogP contribution in [0, 0.1) is 18.7 Å². The Morgan fingerprint density at radius 3 is 2.55 bits per heavy atom. The van der Waals surface area contributed by atoms with Gasteiger partial charge in [0.2, 0.25) is 5.91 Å². The van der Waals surface area contributed by atoms with Crippen LogP contribution >= 0.6 is 11.6 Å². The van der Waals surface area contributed by atoms with Crippen molar-refractivity contribution in [3.05, 3.63) is 69.5 Å². The molecule has 29 heavy (non-hydrogen) atoms. The highest BCUT2D eigenvalue weighted by Crippen LogP contribution is 2.36. The van der Waals surface area contributed by atoms with Gasteiger partial charge in [-0.3, -0.25) is 9.59 Å². The number of aryl methyl sites for hydroxylation is 1. The van der Waals surface area contributed by atoms with Crippen LogP contribution in [0.5, 0.6) is 0 Å². The number of halogens is 2. The number of fused-ring (bicyclic) bond motifs is 1. The summed E-state index contributed by atoms with van der Waals surface area (Å²) in [5.74, 6) is -0.405. The van der Waals surface area contributed by atoms with Crippen molar-refractivity contribution in [1.29, 1.82) is 0 Å². The Morgan fingerprint density at radius 1 is 1.10 bits per heavy atom. The van der Waals surface area contributed by atoms with Gasteiger partial charge in [0.1, 0.15) is 5.82 Å². The SMILES string of the molecule is Cc1cccc2c1CCC(C(=O)N1CCC(c3c(F)cccc3Cl)CC1)CC2=O. The first-order chi connectivity index (χ1) is 14.0. The van der Waals surface area contributed by atoms with Crippen LogP contribution in [0.2, 0.25) is 5.02 Å². The molecule has 2 aromatic rings. The first kappa shape index (κ1) is 20.1. The summed E-state index contributed by atoms with van der Waals surface area (Å²) in [5, 5.41) is 0.456. The molecule has 1 heterocycles. The lowest BCUT2D eigenvalue weighted by Gasteiger charge is -2.34. The molecule has 0 spiro atoms. The molecule has 0 N–H and O–H groups in total. The fraction of sp³-hybridized carbons (Fsp3) is 0.417. The number of carbonyl (C=O) groups is 2. The number of amides is 1. The van der Waals surface area contributed by atoms with Crippen LogP contribution in [0.25, 0.3) is 0 Å². The minimum Gasteiger partial charge on any atom is -0.342 e. The molecule has 1 aliphatic carbocycles. The number of hydrogen-bond donors (Lipinski definition) is 0. The highest BCUT2D eigenvalue weighted by Gasteiger charge is 2.33. The summed E-state index contributed by atoms with van der Waals surface area (Å²) in [6.45, 7) is 3.17. The second kappa shape index (κ2) is 8.27. The Balaban J connectivity index is 1.43. The molecule has 1 fully saturated rings. The fourth-order valence-electron chi connectivity index (χ4n) is 4.81. The fourth-order valence-corrected chi connectivity index (χ4v) is 5.13. The average Bonchev–Trinajstić information content (AvgIpc) is 2.88. The molecule has 1 atom stereocenters. The zero-order chi connectivity index (χ0) is 20.5. The van der Waals surface area contributed by atoms with Gasteiger partial charge in [-0.05, 0) is 61.8 Å². The van der Waals surface area contributed by atoms with Crippen LogP contribution < -0.4 is 0 Å². The lowest BCUT2D eigenvalue weighted by Crippen LogP contribution is -2.42. The highest BCUT2D eigenvalue weighted by molar-refractivity contribution is 6.31. The number of likely N-dealkylation sites (tertiary alicyclic amines) is 1. The summed E-state index contributed by atoms with van der Waals surface area (Å²) in [4.78, 5) is 27.7. The maximum absolute atomic E-state index is 14.2. The second-order valence-electron chi connectivity index (χ2n) is 8.20. The minimum absolute atomic E-state index is 0.0235. The van der Waals surface area contributed by atoms with Gasteiger partial charge in [-0.1, -0.05) is 35.9 Å². The summed E-state index contributed by atoms with van der Waals surface area (Å²) >= 11 is 6.22. The molecule has 0 radical (unpaired) electrons. The molecule has 1 saturated heterocycles. The van der Waals surface area contributed by atoms with Crippen molar-refractivity contribution in [2.45, 2.75) is 44.9 Å². The van der Waals surface area contributed by atoms with E-state index in [1.54, 1.807) is 12.1 Å². The molecule has 2 aliphatic rings. The number of hydrogen-bond acceptors (Lipinski definition) is 2. The van der Waals surface area contributed by atoms with E-state index in [-0.39, 0.29) is 35.8 Å². The number of nitrogens with zero attached hydrogens (tertiary/aromatic N) is 1. The quantitative estimate of drug-likeness (QED) is 0.624. The van der Waals surface area contributed by atoms with E-state index < -0.39 is 0 Å². The predicted molar refractivity (Wildman–Crippen MR) is 112 cm³/mol. The van der Waals surface area contributed by atoms with Crippen LogP contribution in [-0.4, -0.2) is 29.7 Å². The third-order valence-electron chi connectivity index (χ3n) is 6.45. The summed E-state index contributed by atoms with van der Waals surface area (Å²) in [6.07, 6.45) is 3.10. The van der Waals surface area contributed by atoms with Crippen LogP contribution in [0.15, 0.2) is 36.4 Å². The number of benzene rings is 2. The van der Waals surface area contributed by atoms with Crippen LogP contribution in [-0.2, 0) is 11.2 Å². The topological polar surface area (TPSA) is 37.4 Å². The van der Waals surface area contributed by atoms with Gasteiger partial charge in [-0.25, -0.2) is 4.39 Å². The monoisotopic (exact) mass is 413 g/mol. The van der Waals surface area contributed by atoms with E-state index in [1.165, 1.54) is 6.07 Å². The van der Waals surface area contributed by atoms with E-state index in [0.29, 0.717) is 42.9 Å². The summed E-state index contributed by atoms with van der Waals surface area (Å²) < 4.78 is 14.2. The van der Waals surface area contributed by atoms with E-state index in [9.17, 15) is 14.0 Å². The van der Waals surface area contributed by atoms with Crippen molar-refractivity contribution in [3.63, 3.8) is 0 Å². The van der Waals surface area contributed by atoms with E-state index in [4.69, 9.17) is 11.6 Å². The summed E-state index contributed by atoms with van der Waals surface area (Å²) in [7, 11) is 0. The third-order valence-corrected chi connectivity index (χ3v) is 6.78. The standard InChI is InChI=1S/C24H25ClFNO2/c1-15-4-2-5-19-18(15)9-8-17(14-22(19)28)24(29)27-12-10-16(11-13-27)23-20(25)6-3-7-21(23)26/h2-7,16-17H,8-14H2,1H3. The molecular formula is C24H25ClFNO2. The molecule has 5 heteroatoms. The molecule has 4 rings (SSSR count). The number of rotatable bonds is 2. The zero-order valence-corrected chi connectivity index (χ0v) is 17.3. The van der Waals surface area contributed by atoms with E-state index in [2.05, 4.69) is 0 Å². The van der Waals surface area contributed by atoms with Crippen molar-refractivity contribution in [2.75, 3.05) is 13.1 Å². The van der Waals surface area contributed by atoms with Crippen LogP contribution in [0.3, 0.4) is 0 Å². The van der Waals surface area contributed by atoms with Gasteiger partial charge in [0, 0.05) is 41.6 Å². The number of ketones is 1. The van der Waals surface area contributed by atoms with Crippen molar-refractivity contribution in [1.82, 2.24) is 4.90 Å². The first-order valence-corrected chi connectivity index (χ1v) is 10.7. The first-order valence-electron chi connectivity index (χ1n) is 10.3. The Labute approximate surface area is 175 Å². The maximum atomic E-state index is 14.2. The highest BCUT2D eigenvalue weighted by atomic mass is 35.5. The molecule has 2 aromatic carbocycles. The normalized spacial score (nSPS) is 20.3. The van der Waals surface area contributed by atoms with Gasteiger partial charge in [-0.15, -0.1) is 0 Å². The van der Waals surface area contributed by atoms with Gasteiger partial charge in [0.05, 0.1) is 0 Å². The molecular weight excluding hydrogens is 389 g/mol. The molecule has 1 aliphatic heterocycles. The Kier molecular flexibility index (Phi) is 5.73. The van der Waals surface area contributed by atoms with E-state index >= 15 is 0 Å². The Bertz CT molecular complexity index is 930. The second-order valence-corrected chi connectivity index (χ2v) is 8.61. The lowest BCUT2D eigenvalue weighted by molar-refractivity contribution is -0.136. The number of piperidine rings is 1. The molecule has 1 amide bonds. The third kappa shape index (κ3) is 3.95. The minimum atomic E-state index is -0.275. The molecule has 0 bridgehead atoms. The Morgan fingerprint density at radius 2 is 1.83 bits per heavy atom. The Hall–Kier alpha value is -2.20. The van der Waals surface area contributed by atoms with Crippen molar-refractivity contribution < 1.29 is 14.0 Å². The van der Waals surface area contributed by atoms with E-state index in [1.807, 2.05) is 30.0 Å². The van der Waals surface area contributed by atoms with Crippen LogP contribution in [0.4, 0.5) is 4.39 Å². The smallest absolute Gasteiger partial charge is 0.226 e. The predicted octanol–water partition coefficient (Wildman–Crippen LogP) is 5.33. The lowest BCUT2D eigenvalue weighted by atomic mass is 9.88. The molecule has 1 unspecified atom stereocenters. The van der Waals surface area contributed by atoms with Gasteiger partial charge >= 0.3 is 0 Å². The molecule has 3 nitrogen and oxygen atoms in total. The van der Waals surface area contributed by atoms with Crippen LogP contribution in [0.1, 0.15) is 58.6 Å². The number of carbonyl (C=O) groups excluding carboxylic acids is 2. The zero-order valence-electron chi connectivity index (χ0n) is 16.6. The van der Waals surface area contributed by atoms with E-state index in [0.717, 1.165) is 23.1 Å². The van der Waals surface area contributed by atoms with Crippen molar-refractivity contribution in [2.24, 2.45) is 5.92 Å². The number of Topliss-reactive ketones (excluding diaryl/α,β-unsaturated/α-hetero) is 1. The van der Waals surface area contributed by atoms with Crippen molar-refractivity contribution in [3.8, 4) is 0 Å². The van der Waals surface area contributed by atoms with Crippen molar-refractivity contribution >= 4 is 23.3 Å². The van der Waals surface area contributed by atoms with Gasteiger partial charge in [0.15, 0.2) is 5.78 Å². The molecule has 0 aromatic heterocycles. The maximum Gasteiger partial charge on any atom is 0.226 e. The van der Waals surface area contributed by atoms with Gasteiger partial charge < -0.3 is 4.90 Å². The van der Waals surface area contributed by atoms with Gasteiger partial charge in [0.25, 0.3) is 0 Å². The summed E-state index contributed by atoms with van der Waals surface area (Å²) in [5.41, 5.74) is 3.54. The molecule has 152 valence electrons. The largest absolute Gasteiger partial charge is 0.342 e. The molecule has 0 saturated carbocycles. The summed E-state index contributed by atoms with van der Waals surface area (Å²) in [6, 6.07) is 10.6.